The first-order valence-corrected chi connectivity index (χ1v) is 20.0. The van der Waals surface area contributed by atoms with Gasteiger partial charge in [0, 0.05) is 43.4 Å². The molecule has 4 heterocycles. The molecular formula is C57H34N4O2. The van der Waals surface area contributed by atoms with Crippen molar-refractivity contribution in [2.45, 2.75) is 0 Å². The van der Waals surface area contributed by atoms with Crippen LogP contribution in [-0.2, 0) is 0 Å². The molecule has 13 rings (SSSR count). The van der Waals surface area contributed by atoms with Crippen LogP contribution in [0.25, 0.3) is 128 Å². The summed E-state index contributed by atoms with van der Waals surface area (Å²) in [7, 11) is 0. The highest BCUT2D eigenvalue weighted by Gasteiger charge is 2.23. The summed E-state index contributed by atoms with van der Waals surface area (Å²) in [5.41, 5.74) is 3.44. The van der Waals surface area contributed by atoms with E-state index in [1.165, 1.54) is 4.57 Å². The third kappa shape index (κ3) is 5.69. The fraction of sp³-hybridized carbons (Fsp3) is 0. The Morgan fingerprint density at radius 3 is 1.76 bits per heavy atom. The van der Waals surface area contributed by atoms with Crippen molar-refractivity contribution >= 4 is 65.7 Å². The molecule has 0 aliphatic carbocycles. The van der Waals surface area contributed by atoms with E-state index in [4.69, 9.17) is 32.0 Å². The highest BCUT2D eigenvalue weighted by Crippen LogP contribution is 2.42. The van der Waals surface area contributed by atoms with Gasteiger partial charge >= 0.3 is 0 Å². The first-order valence-electron chi connectivity index (χ1n) is 26.5. The van der Waals surface area contributed by atoms with Crippen LogP contribution >= 0.6 is 0 Å². The summed E-state index contributed by atoms with van der Waals surface area (Å²) in [6.45, 7) is 0. The van der Waals surface area contributed by atoms with Crippen LogP contribution in [0.3, 0.4) is 0 Å². The van der Waals surface area contributed by atoms with Gasteiger partial charge in [-0.2, -0.15) is 9.97 Å². The first-order chi connectivity index (χ1) is 36.7. The van der Waals surface area contributed by atoms with Gasteiger partial charge in [-0.15, -0.1) is 0 Å². The molecule has 0 unspecified atom stereocenters. The van der Waals surface area contributed by atoms with Gasteiger partial charge in [0.15, 0.2) is 11.6 Å². The maximum atomic E-state index is 9.91. The fourth-order valence-corrected chi connectivity index (χ4v) is 8.43. The second kappa shape index (κ2) is 14.0. The largest absolute Gasteiger partial charge is 0.456 e. The lowest BCUT2D eigenvalue weighted by molar-refractivity contribution is 0.669. The molecule has 0 atom stereocenters. The highest BCUT2D eigenvalue weighted by atomic mass is 16.3. The maximum absolute atomic E-state index is 9.91. The van der Waals surface area contributed by atoms with Crippen LogP contribution < -0.4 is 0 Å². The molecule has 0 N–H and O–H groups in total. The van der Waals surface area contributed by atoms with Gasteiger partial charge in [0.05, 0.1) is 28.9 Å². The smallest absolute Gasteiger partial charge is 0.238 e. The Labute approximate surface area is 379 Å². The van der Waals surface area contributed by atoms with E-state index in [2.05, 4.69) is 0 Å². The van der Waals surface area contributed by atoms with Crippen LogP contribution in [0.1, 0.15) is 17.8 Å². The van der Waals surface area contributed by atoms with E-state index < -0.39 is 60.4 Å². The minimum absolute atomic E-state index is 0.0562. The Kier molecular flexibility index (Phi) is 5.46. The number of hydrogen-bond acceptors (Lipinski definition) is 5. The van der Waals surface area contributed by atoms with Crippen molar-refractivity contribution in [1.82, 2.24) is 19.5 Å². The summed E-state index contributed by atoms with van der Waals surface area (Å²) in [5, 5.41) is 1.08. The van der Waals surface area contributed by atoms with Crippen molar-refractivity contribution in [3.63, 3.8) is 0 Å². The van der Waals surface area contributed by atoms with E-state index in [9.17, 15) is 9.60 Å². The zero-order valence-electron chi connectivity index (χ0n) is 45.7. The molecule has 6 nitrogen and oxygen atoms in total. The summed E-state index contributed by atoms with van der Waals surface area (Å²) in [4.78, 5) is 15.0. The molecule has 0 fully saturated rings. The van der Waals surface area contributed by atoms with E-state index in [-0.39, 0.29) is 96.2 Å². The molecule has 6 heteroatoms. The monoisotopic (exact) mass is 819 g/mol. The number of para-hydroxylation sites is 2. The average Bonchev–Trinajstić information content (AvgIpc) is 4.32. The van der Waals surface area contributed by atoms with Crippen LogP contribution in [0, 0.1) is 0 Å². The molecule has 4 aromatic heterocycles. The summed E-state index contributed by atoms with van der Waals surface area (Å²) in [6.07, 6.45) is 0. The predicted octanol–water partition coefficient (Wildman–Crippen LogP) is 15.1. The normalized spacial score (nSPS) is 14.7. The average molecular weight is 820 g/mol. The van der Waals surface area contributed by atoms with Crippen LogP contribution in [0.15, 0.2) is 215 Å². The zero-order chi connectivity index (χ0) is 52.7. The van der Waals surface area contributed by atoms with Gasteiger partial charge < -0.3 is 8.83 Å². The van der Waals surface area contributed by atoms with Crippen LogP contribution in [-0.4, -0.2) is 19.5 Å². The van der Waals surface area contributed by atoms with Gasteiger partial charge in [-0.05, 0) is 93.9 Å². The standard InChI is InChI=1S/C57H34N4O2/c1-4-15-35(16-5-1)39-31-40(36-17-6-2-7-18-36)33-41(32-39)56-58-55(38-27-28-45-51(34-38)63-49-26-14-23-42(52(45)49)37-19-8-3-9-20-37)59-57(60-56)61-46-24-12-10-21-43(46)53-47(61)29-30-50-54(53)44-22-11-13-25-48(44)62-50/h1-34H/i10D,11D,12D,13D,21D,22D,24D,25D,29D,30D,31D,32D,33D. The van der Waals surface area contributed by atoms with Crippen LogP contribution in [0.5, 0.6) is 0 Å². The van der Waals surface area contributed by atoms with Gasteiger partial charge in [0.2, 0.25) is 5.95 Å². The minimum Gasteiger partial charge on any atom is -0.456 e. The Hall–Kier alpha value is -8.61. The molecule has 0 saturated heterocycles. The van der Waals surface area contributed by atoms with Gasteiger partial charge in [0.25, 0.3) is 0 Å². The summed E-state index contributed by atoms with van der Waals surface area (Å²) in [5.74, 6) is -0.670. The van der Waals surface area contributed by atoms with Crippen molar-refractivity contribution < 1.29 is 26.7 Å². The third-order valence-corrected chi connectivity index (χ3v) is 11.2. The van der Waals surface area contributed by atoms with E-state index >= 15 is 0 Å². The number of aromatic nitrogens is 4. The number of fused-ring (bicyclic) bond motifs is 10. The Bertz CT molecular complexity index is 4610. The lowest BCUT2D eigenvalue weighted by Crippen LogP contribution is -2.06. The fourth-order valence-electron chi connectivity index (χ4n) is 8.43. The molecule has 0 spiro atoms. The predicted molar refractivity (Wildman–Crippen MR) is 256 cm³/mol. The van der Waals surface area contributed by atoms with E-state index in [1.807, 2.05) is 54.6 Å². The van der Waals surface area contributed by atoms with Crippen molar-refractivity contribution in [2.75, 3.05) is 0 Å². The quantitative estimate of drug-likeness (QED) is 0.167. The summed E-state index contributed by atoms with van der Waals surface area (Å²) >= 11 is 0. The Morgan fingerprint density at radius 2 is 1.02 bits per heavy atom. The molecule has 0 radical (unpaired) electrons. The first kappa shape index (κ1) is 24.6. The van der Waals surface area contributed by atoms with Crippen molar-refractivity contribution in [1.29, 1.82) is 0 Å². The molecule has 0 aliphatic rings. The Morgan fingerprint density at radius 1 is 0.381 bits per heavy atom. The second-order valence-corrected chi connectivity index (χ2v) is 14.9. The number of hydrogen-bond donors (Lipinski definition) is 0. The summed E-state index contributed by atoms with van der Waals surface area (Å²) in [6, 6.07) is 32.2. The Balaban J connectivity index is 1.19. The number of rotatable bonds is 6. The summed E-state index contributed by atoms with van der Waals surface area (Å²) < 4.78 is 134. The lowest BCUT2D eigenvalue weighted by Gasteiger charge is -2.13. The van der Waals surface area contributed by atoms with E-state index in [0.29, 0.717) is 27.9 Å². The molecule has 0 saturated carbocycles. The van der Waals surface area contributed by atoms with Gasteiger partial charge in [-0.3, -0.25) is 4.57 Å². The van der Waals surface area contributed by atoms with Crippen molar-refractivity contribution in [2.24, 2.45) is 0 Å². The van der Waals surface area contributed by atoms with Crippen molar-refractivity contribution in [3.8, 4) is 62.1 Å². The molecule has 0 bridgehead atoms. The van der Waals surface area contributed by atoms with Gasteiger partial charge in [-0.25, -0.2) is 4.98 Å². The highest BCUT2D eigenvalue weighted by molar-refractivity contribution is 6.27. The minimum atomic E-state index is -0.665. The van der Waals surface area contributed by atoms with Crippen LogP contribution in [0.4, 0.5) is 0 Å². The molecular weight excluding hydrogens is 773 g/mol. The SMILES string of the molecule is [2H]c1c(-c2ccccc2)c([2H])c(-c2nc(-c3ccc4c(c3)oc3cccc(-c5ccccc5)c34)nc(-n3c4c([2H])c([2H])c([2H])c([2H])c4c4c5c(oc6c([2H])c([2H])c([2H])c([2H])c65)c([2H])c([2H])c43)n2)c([2H])c1-c1ccccc1. The van der Waals surface area contributed by atoms with E-state index in [1.54, 1.807) is 72.8 Å². The molecule has 63 heavy (non-hydrogen) atoms. The zero-order valence-corrected chi connectivity index (χ0v) is 32.7. The van der Waals surface area contributed by atoms with Gasteiger partial charge in [-0.1, -0.05) is 145 Å². The van der Waals surface area contributed by atoms with E-state index in [0.717, 1.165) is 21.9 Å². The van der Waals surface area contributed by atoms with Crippen molar-refractivity contribution in [3.05, 3.63) is 206 Å². The number of furan rings is 2. The topological polar surface area (TPSA) is 69.9 Å². The molecule has 9 aromatic carbocycles. The third-order valence-electron chi connectivity index (χ3n) is 11.2. The molecule has 294 valence electrons. The number of nitrogens with zero attached hydrogens (tertiary/aromatic N) is 4. The lowest BCUT2D eigenvalue weighted by atomic mass is 9.96. The molecule has 0 amide bonds. The maximum Gasteiger partial charge on any atom is 0.238 e. The van der Waals surface area contributed by atoms with Gasteiger partial charge in [0.1, 0.15) is 22.3 Å². The second-order valence-electron chi connectivity index (χ2n) is 14.9. The molecule has 0 aliphatic heterocycles. The number of benzene rings is 9. The van der Waals surface area contributed by atoms with Crippen LogP contribution in [0.2, 0.25) is 0 Å². The molecule has 13 aromatic rings.